The van der Waals surface area contributed by atoms with Gasteiger partial charge in [0.1, 0.15) is 0 Å². The van der Waals surface area contributed by atoms with Gasteiger partial charge in [-0.1, -0.05) is 0 Å². The normalized spacial score (nSPS) is 11.6. The molecule has 1 rings (SSSR count). The monoisotopic (exact) mass is 320 g/mol. The Morgan fingerprint density at radius 1 is 1.38 bits per heavy atom. The topological polar surface area (TPSA) is 98.5 Å². The second-order valence-electron chi connectivity index (χ2n) is 4.42. The minimum atomic E-state index is -3.91. The molecule has 0 heterocycles. The number of methoxy groups -OCH3 is 1. The van der Waals surface area contributed by atoms with Gasteiger partial charge >= 0.3 is 5.69 Å². The molecule has 1 N–H and O–H groups in total. The van der Waals surface area contributed by atoms with Crippen molar-refractivity contribution in [3.63, 3.8) is 0 Å². The number of unbranched alkanes of at least 4 members (excludes halogenated alkanes) is 1. The summed E-state index contributed by atoms with van der Waals surface area (Å²) < 4.78 is 44.7. The summed E-state index contributed by atoms with van der Waals surface area (Å²) in [7, 11) is -2.37. The Bertz CT molecular complexity index is 618. The highest BCUT2D eigenvalue weighted by Gasteiger charge is 2.23. The molecule has 9 heteroatoms. The first-order valence-corrected chi connectivity index (χ1v) is 7.71. The first-order chi connectivity index (χ1) is 9.79. The van der Waals surface area contributed by atoms with Gasteiger partial charge in [-0.3, -0.25) is 10.1 Å². The zero-order valence-electron chi connectivity index (χ0n) is 11.8. The lowest BCUT2D eigenvalue weighted by molar-refractivity contribution is -0.387. The molecule has 0 spiro atoms. The maximum Gasteiger partial charge on any atom is 0.306 e. The summed E-state index contributed by atoms with van der Waals surface area (Å²) in [5, 5.41) is 10.7. The molecule has 0 aliphatic heterocycles. The Morgan fingerprint density at radius 3 is 2.62 bits per heavy atom. The molecule has 0 aromatic heterocycles. The molecule has 0 unspecified atom stereocenters. The Kier molecular flexibility index (Phi) is 6.19. The van der Waals surface area contributed by atoms with E-state index >= 15 is 0 Å². The fraction of sp³-hybridized carbons (Fsp3) is 0.500. The number of halogens is 1. The molecule has 1 aromatic carbocycles. The largest absolute Gasteiger partial charge is 0.385 e. The van der Waals surface area contributed by atoms with Crippen molar-refractivity contribution in [1.29, 1.82) is 0 Å². The molecule has 21 heavy (non-hydrogen) atoms. The van der Waals surface area contributed by atoms with Crippen LogP contribution in [0.3, 0.4) is 0 Å². The molecular weight excluding hydrogens is 303 g/mol. The van der Waals surface area contributed by atoms with Crippen LogP contribution in [0.1, 0.15) is 18.4 Å². The number of hydrogen-bond acceptors (Lipinski definition) is 5. The second-order valence-corrected chi connectivity index (χ2v) is 6.16. The lowest BCUT2D eigenvalue weighted by atomic mass is 10.2. The van der Waals surface area contributed by atoms with E-state index in [0.29, 0.717) is 19.4 Å². The standard InChI is InChI=1S/C12H17FN2O5S/c1-9-7-10(13)11(15(16)17)8-12(9)21(18,19)14-5-3-4-6-20-2/h7-8,14H,3-6H2,1-2H3. The Hall–Kier alpha value is -1.58. The van der Waals surface area contributed by atoms with E-state index in [-0.39, 0.29) is 17.0 Å². The van der Waals surface area contributed by atoms with Crippen molar-refractivity contribution in [1.82, 2.24) is 4.72 Å². The molecule has 0 saturated carbocycles. The van der Waals surface area contributed by atoms with Crippen molar-refractivity contribution in [2.75, 3.05) is 20.3 Å². The number of rotatable bonds is 8. The highest BCUT2D eigenvalue weighted by molar-refractivity contribution is 7.89. The van der Waals surface area contributed by atoms with Crippen LogP contribution in [0.25, 0.3) is 0 Å². The van der Waals surface area contributed by atoms with E-state index in [2.05, 4.69) is 4.72 Å². The summed E-state index contributed by atoms with van der Waals surface area (Å²) in [6.07, 6.45) is 1.25. The predicted octanol–water partition coefficient (Wildman–Crippen LogP) is 1.75. The molecule has 1 aromatic rings. The van der Waals surface area contributed by atoms with Gasteiger partial charge in [0.25, 0.3) is 0 Å². The lowest BCUT2D eigenvalue weighted by Gasteiger charge is -2.09. The Labute approximate surface area is 122 Å². The van der Waals surface area contributed by atoms with Gasteiger partial charge in [0.2, 0.25) is 15.8 Å². The highest BCUT2D eigenvalue weighted by atomic mass is 32.2. The van der Waals surface area contributed by atoms with Crippen LogP contribution in [0.5, 0.6) is 0 Å². The molecule has 0 aliphatic carbocycles. The number of aryl methyl sites for hydroxylation is 1. The van der Waals surface area contributed by atoms with Crippen LogP contribution >= 0.6 is 0 Å². The number of nitrogens with one attached hydrogen (secondary N) is 1. The second kappa shape index (κ2) is 7.43. The Balaban J connectivity index is 2.92. The summed E-state index contributed by atoms with van der Waals surface area (Å²) in [6.45, 7) is 2.07. The molecule has 0 amide bonds. The molecule has 118 valence electrons. The lowest BCUT2D eigenvalue weighted by Crippen LogP contribution is -2.26. The smallest absolute Gasteiger partial charge is 0.306 e. The average molecular weight is 320 g/mol. The minimum absolute atomic E-state index is 0.113. The van der Waals surface area contributed by atoms with Gasteiger partial charge in [-0.2, -0.15) is 4.39 Å². The van der Waals surface area contributed by atoms with Gasteiger partial charge in [-0.25, -0.2) is 13.1 Å². The third kappa shape index (κ3) is 4.73. The van der Waals surface area contributed by atoms with Crippen molar-refractivity contribution in [3.05, 3.63) is 33.6 Å². The number of nitrogens with zero attached hydrogens (tertiary/aromatic N) is 1. The number of nitro groups is 1. The van der Waals surface area contributed by atoms with Crippen LogP contribution in [0.15, 0.2) is 17.0 Å². The number of hydrogen-bond donors (Lipinski definition) is 1. The first-order valence-electron chi connectivity index (χ1n) is 6.22. The van der Waals surface area contributed by atoms with Crippen molar-refractivity contribution in [2.24, 2.45) is 0 Å². The van der Waals surface area contributed by atoms with E-state index in [4.69, 9.17) is 4.74 Å². The minimum Gasteiger partial charge on any atom is -0.385 e. The van der Waals surface area contributed by atoms with Crippen molar-refractivity contribution >= 4 is 15.7 Å². The van der Waals surface area contributed by atoms with Crippen molar-refractivity contribution in [3.8, 4) is 0 Å². The molecule has 0 saturated heterocycles. The molecule has 0 bridgehead atoms. The SMILES string of the molecule is COCCCCNS(=O)(=O)c1cc([N+](=O)[O-])c(F)cc1C. The maximum absolute atomic E-state index is 13.4. The molecule has 0 aliphatic rings. The molecule has 0 fully saturated rings. The summed E-state index contributed by atoms with van der Waals surface area (Å²) >= 11 is 0. The number of sulfonamides is 1. The van der Waals surface area contributed by atoms with Crippen LogP contribution in [0, 0.1) is 22.9 Å². The summed E-state index contributed by atoms with van der Waals surface area (Å²) in [5.74, 6) is -1.06. The van der Waals surface area contributed by atoms with Gasteiger partial charge in [-0.05, 0) is 31.4 Å². The fourth-order valence-electron chi connectivity index (χ4n) is 1.73. The van der Waals surface area contributed by atoms with Gasteiger partial charge in [0, 0.05) is 26.3 Å². The summed E-state index contributed by atoms with van der Waals surface area (Å²) in [4.78, 5) is 9.44. The molecule has 0 atom stereocenters. The maximum atomic E-state index is 13.4. The fourth-order valence-corrected chi connectivity index (χ4v) is 3.05. The molecular formula is C12H17FN2O5S. The molecule has 7 nitrogen and oxygen atoms in total. The first kappa shape index (κ1) is 17.5. The number of benzene rings is 1. The van der Waals surface area contributed by atoms with Crippen LogP contribution in [0.4, 0.5) is 10.1 Å². The summed E-state index contributed by atoms with van der Waals surface area (Å²) in [5.41, 5.74) is -0.747. The van der Waals surface area contributed by atoms with Gasteiger partial charge in [-0.15, -0.1) is 0 Å². The average Bonchev–Trinajstić information content (AvgIpc) is 2.37. The third-order valence-corrected chi connectivity index (χ3v) is 4.40. The van der Waals surface area contributed by atoms with Crippen LogP contribution < -0.4 is 4.72 Å². The van der Waals surface area contributed by atoms with Crippen LogP contribution in [-0.2, 0) is 14.8 Å². The quantitative estimate of drug-likeness (QED) is 0.447. The Morgan fingerprint density at radius 2 is 2.05 bits per heavy atom. The van der Waals surface area contributed by atoms with E-state index in [1.54, 1.807) is 7.11 Å². The zero-order chi connectivity index (χ0) is 16.0. The van der Waals surface area contributed by atoms with E-state index in [9.17, 15) is 22.9 Å². The van der Waals surface area contributed by atoms with Gasteiger partial charge < -0.3 is 4.74 Å². The zero-order valence-corrected chi connectivity index (χ0v) is 12.6. The third-order valence-electron chi connectivity index (χ3n) is 2.80. The highest BCUT2D eigenvalue weighted by Crippen LogP contribution is 2.25. The van der Waals surface area contributed by atoms with E-state index < -0.39 is 26.5 Å². The summed E-state index contributed by atoms with van der Waals surface area (Å²) in [6, 6.07) is 1.58. The van der Waals surface area contributed by atoms with Crippen molar-refractivity contribution < 1.29 is 22.5 Å². The van der Waals surface area contributed by atoms with Gasteiger partial charge in [0.15, 0.2) is 0 Å². The number of nitro benzene ring substituents is 1. The van der Waals surface area contributed by atoms with Gasteiger partial charge in [0.05, 0.1) is 9.82 Å². The predicted molar refractivity (Wildman–Crippen MR) is 74.1 cm³/mol. The number of ether oxygens (including phenoxy) is 1. The van der Waals surface area contributed by atoms with E-state index in [0.717, 1.165) is 12.1 Å². The van der Waals surface area contributed by atoms with Crippen molar-refractivity contribution in [2.45, 2.75) is 24.7 Å². The molecule has 0 radical (unpaired) electrons. The van der Waals surface area contributed by atoms with E-state index in [1.165, 1.54) is 6.92 Å². The van der Waals surface area contributed by atoms with Crippen LogP contribution in [-0.4, -0.2) is 33.6 Å². The van der Waals surface area contributed by atoms with Crippen LogP contribution in [0.2, 0.25) is 0 Å². The van der Waals surface area contributed by atoms with E-state index in [1.807, 2.05) is 0 Å².